The molecule has 0 saturated carbocycles. The number of phenolic OH excluding ortho intramolecular Hbond substituents is 1. The molecular weight excluding hydrogens is 909 g/mol. The summed E-state index contributed by atoms with van der Waals surface area (Å²) in [5.41, 5.74) is 12.1. The second kappa shape index (κ2) is 26.6. The molecule has 1 N–H and O–H groups in total. The number of phenols is 1. The van der Waals surface area contributed by atoms with Gasteiger partial charge in [0.25, 0.3) is 0 Å². The minimum atomic E-state index is 0. The second-order valence-corrected chi connectivity index (χ2v) is 15.4. The molecule has 0 aliphatic rings. The van der Waals surface area contributed by atoms with E-state index in [-0.39, 0.29) is 31.6 Å². The molecule has 0 heterocycles. The summed E-state index contributed by atoms with van der Waals surface area (Å²) < 4.78 is 6.40. The van der Waals surface area contributed by atoms with E-state index in [0.29, 0.717) is 18.4 Å². The average molecular weight is 974 g/mol. The quantitative estimate of drug-likeness (QED) is 0.0796. The predicted octanol–water partition coefficient (Wildman–Crippen LogP) is 15.0. The van der Waals surface area contributed by atoms with Gasteiger partial charge < -0.3 is 14.7 Å². The molecule has 3 nitrogen and oxygen atoms in total. The summed E-state index contributed by atoms with van der Waals surface area (Å²) in [6, 6.07) is 58.6. The number of ether oxygens (including phenoxy) is 1. The minimum Gasteiger partial charge on any atom is -0.507 e. The monoisotopic (exact) mass is 974 g/mol. The van der Waals surface area contributed by atoms with Crippen LogP contribution in [-0.2, 0) is 32.3 Å². The number of benzene rings is 7. The number of nitrogens with zero attached hydrogens (tertiary/aromatic N) is 1. The van der Waals surface area contributed by atoms with Crippen LogP contribution in [0, 0.1) is 20.8 Å². The van der Waals surface area contributed by atoms with E-state index < -0.39 is 0 Å². The zero-order valence-electron chi connectivity index (χ0n) is 37.2. The smallest absolute Gasteiger partial charge is 0.507 e. The Hall–Kier alpha value is -5.58. The SMILES string of the molecule is CCc1ccc(OCCCN(C)c2c(C(C)C)cccc2C(C)C)c(-c2cccc(-c3ccccc3)c2O)c1.[CH2-]c1ccccc1.[CH2-]c1ccccc1.[CH2-]c1ccccc1.[Hf+4]. The average Bonchev–Trinajstić information content (AvgIpc) is 3.26. The molecule has 0 radical (unpaired) electrons. The summed E-state index contributed by atoms with van der Waals surface area (Å²) in [4.78, 5) is 2.39. The van der Waals surface area contributed by atoms with Crippen LogP contribution in [0.1, 0.15) is 86.3 Å². The van der Waals surface area contributed by atoms with Crippen molar-refractivity contribution in [3.8, 4) is 33.8 Å². The third kappa shape index (κ3) is 16.1. The van der Waals surface area contributed by atoms with Crippen LogP contribution in [0.25, 0.3) is 22.3 Å². The fraction of sp³-hybridized carbons (Fsp3) is 0.211. The van der Waals surface area contributed by atoms with Crippen molar-refractivity contribution in [1.29, 1.82) is 0 Å². The van der Waals surface area contributed by atoms with Crippen molar-refractivity contribution in [2.24, 2.45) is 0 Å². The first-order valence-corrected chi connectivity index (χ1v) is 21.1. The maximum absolute atomic E-state index is 11.3. The van der Waals surface area contributed by atoms with Crippen LogP contribution in [0.5, 0.6) is 11.5 Å². The van der Waals surface area contributed by atoms with Crippen LogP contribution in [0.2, 0.25) is 0 Å². The Morgan fingerprint density at radius 1 is 0.541 bits per heavy atom. The molecule has 0 fully saturated rings. The van der Waals surface area contributed by atoms with Crippen molar-refractivity contribution in [2.75, 3.05) is 25.1 Å². The van der Waals surface area contributed by atoms with Crippen LogP contribution in [0.4, 0.5) is 5.69 Å². The number of hydrogen-bond acceptors (Lipinski definition) is 3. The number of aromatic hydroxyl groups is 1. The van der Waals surface area contributed by atoms with Gasteiger partial charge in [0.05, 0.1) is 6.61 Å². The Balaban J connectivity index is 0.000000362. The van der Waals surface area contributed by atoms with Crippen molar-refractivity contribution < 1.29 is 35.7 Å². The van der Waals surface area contributed by atoms with E-state index in [4.69, 9.17) is 4.74 Å². The first kappa shape index (κ1) is 49.8. The van der Waals surface area contributed by atoms with Gasteiger partial charge in [-0.15, -0.1) is 36.4 Å². The number of aryl methyl sites for hydroxylation is 1. The van der Waals surface area contributed by atoms with E-state index in [1.165, 1.54) is 22.4 Å². The van der Waals surface area contributed by atoms with Gasteiger partial charge in [-0.1, -0.05) is 126 Å². The molecule has 0 bridgehead atoms. The molecule has 0 saturated heterocycles. The number of hydrogen-bond donors (Lipinski definition) is 1. The van der Waals surface area contributed by atoms with Crippen molar-refractivity contribution in [3.05, 3.63) is 230 Å². The molecule has 0 unspecified atom stereocenters. The minimum absolute atomic E-state index is 0. The van der Waals surface area contributed by atoms with Crippen LogP contribution < -0.4 is 9.64 Å². The molecule has 0 aliphatic carbocycles. The Labute approximate surface area is 387 Å². The molecule has 0 aromatic heterocycles. The van der Waals surface area contributed by atoms with Crippen LogP contribution in [-0.4, -0.2) is 25.3 Å². The fourth-order valence-electron chi connectivity index (χ4n) is 6.73. The molecular formula is C57H64HfNO2+. The van der Waals surface area contributed by atoms with E-state index in [1.807, 2.05) is 140 Å². The van der Waals surface area contributed by atoms with Crippen LogP contribution >= 0.6 is 0 Å². The molecule has 4 heteroatoms. The summed E-state index contributed by atoms with van der Waals surface area (Å²) >= 11 is 0. The van der Waals surface area contributed by atoms with E-state index >= 15 is 0 Å². The molecule has 0 amide bonds. The zero-order chi connectivity index (χ0) is 43.3. The topological polar surface area (TPSA) is 32.7 Å². The van der Waals surface area contributed by atoms with Crippen LogP contribution in [0.15, 0.2) is 176 Å². The first-order chi connectivity index (χ1) is 29.0. The Morgan fingerprint density at radius 2 is 0.984 bits per heavy atom. The summed E-state index contributed by atoms with van der Waals surface area (Å²) in [6.45, 7) is 23.9. The Morgan fingerprint density at radius 3 is 1.41 bits per heavy atom. The predicted molar refractivity (Wildman–Crippen MR) is 259 cm³/mol. The van der Waals surface area contributed by atoms with Crippen LogP contribution in [0.3, 0.4) is 0 Å². The number of anilines is 1. The fourth-order valence-corrected chi connectivity index (χ4v) is 6.73. The van der Waals surface area contributed by atoms with Gasteiger partial charge in [0.2, 0.25) is 0 Å². The first-order valence-electron chi connectivity index (χ1n) is 21.1. The molecule has 0 atom stereocenters. The van der Waals surface area contributed by atoms with Crippen molar-refractivity contribution in [2.45, 2.75) is 59.3 Å². The maximum Gasteiger partial charge on any atom is 4.00 e. The third-order valence-electron chi connectivity index (χ3n) is 10.0. The van der Waals surface area contributed by atoms with E-state index in [2.05, 4.69) is 104 Å². The third-order valence-corrected chi connectivity index (χ3v) is 10.0. The van der Waals surface area contributed by atoms with Gasteiger partial charge in [0.1, 0.15) is 11.5 Å². The van der Waals surface area contributed by atoms with Gasteiger partial charge >= 0.3 is 25.8 Å². The normalized spacial score (nSPS) is 10.2. The second-order valence-electron chi connectivity index (χ2n) is 15.4. The number of para-hydroxylation sites is 2. The van der Waals surface area contributed by atoms with Gasteiger partial charge in [-0.2, -0.15) is 73.9 Å². The maximum atomic E-state index is 11.3. The van der Waals surface area contributed by atoms with E-state index in [9.17, 15) is 5.11 Å². The van der Waals surface area contributed by atoms with Crippen molar-refractivity contribution >= 4 is 5.69 Å². The largest absolute Gasteiger partial charge is 4.00 e. The van der Waals surface area contributed by atoms with E-state index in [0.717, 1.165) is 64.1 Å². The molecule has 7 rings (SSSR count). The van der Waals surface area contributed by atoms with Crippen molar-refractivity contribution in [3.63, 3.8) is 0 Å². The molecule has 7 aromatic carbocycles. The van der Waals surface area contributed by atoms with Gasteiger partial charge in [0, 0.05) is 36.0 Å². The van der Waals surface area contributed by atoms with E-state index in [1.54, 1.807) is 0 Å². The molecule has 312 valence electrons. The molecule has 61 heavy (non-hydrogen) atoms. The van der Waals surface area contributed by atoms with Crippen molar-refractivity contribution in [1.82, 2.24) is 0 Å². The molecule has 7 aromatic rings. The Bertz CT molecular complexity index is 2140. The summed E-state index contributed by atoms with van der Waals surface area (Å²) in [6.07, 6.45) is 1.82. The summed E-state index contributed by atoms with van der Waals surface area (Å²) in [7, 11) is 2.20. The standard InChI is InChI=1S/C36H43NO2.3C7H7.Hf/c1-7-27-20-21-34(33(24-27)32-19-12-18-31(36(32)38)28-14-9-8-10-15-28)39-23-13-22-37(6)35-29(25(2)3)16-11-17-30(35)26(4)5;3*1-7-5-3-2-4-6-7;/h8-12,14-21,24-26,38H,7,13,22-23H2,1-6H3;3*2-6H,1H2;/q;3*-1;+4. The van der Waals surface area contributed by atoms with Gasteiger partial charge in [-0.25, -0.2) is 0 Å². The summed E-state index contributed by atoms with van der Waals surface area (Å²) in [5.74, 6) is 2.03. The number of rotatable bonds is 11. The molecule has 0 spiro atoms. The van der Waals surface area contributed by atoms with Gasteiger partial charge in [-0.3, -0.25) is 0 Å². The van der Waals surface area contributed by atoms with Gasteiger partial charge in [-0.05, 0) is 59.1 Å². The Kier molecular flexibility index (Phi) is 21.7. The zero-order valence-corrected chi connectivity index (χ0v) is 40.7. The molecule has 0 aliphatic heterocycles. The van der Waals surface area contributed by atoms with Gasteiger partial charge in [0.15, 0.2) is 0 Å². The summed E-state index contributed by atoms with van der Waals surface area (Å²) in [5, 5.41) is 11.3.